The van der Waals surface area contributed by atoms with Gasteiger partial charge in [-0.2, -0.15) is 0 Å². The van der Waals surface area contributed by atoms with Crippen LogP contribution in [0, 0.1) is 0 Å². The van der Waals surface area contributed by atoms with Crippen LogP contribution >= 0.6 is 0 Å². The van der Waals surface area contributed by atoms with E-state index in [2.05, 4.69) is 15.0 Å². The van der Waals surface area contributed by atoms with Crippen molar-refractivity contribution in [2.75, 3.05) is 6.54 Å². The fourth-order valence-electron chi connectivity index (χ4n) is 1.17. The minimum Gasteiger partial charge on any atom is -0.390 e. The minimum absolute atomic E-state index is 0.0162. The molecule has 0 radical (unpaired) electrons. The molecule has 1 aromatic heterocycles. The number of amides is 1. The lowest BCUT2D eigenvalue weighted by Crippen LogP contribution is -2.23. The molecule has 4 N–H and O–H groups in total. The third-order valence-corrected chi connectivity index (χ3v) is 2.02. The van der Waals surface area contributed by atoms with Gasteiger partial charge in [-0.3, -0.25) is 4.79 Å². The molecule has 2 atom stereocenters. The average molecular weight is 237 g/mol. The first-order valence-electron chi connectivity index (χ1n) is 4.70. The van der Waals surface area contributed by atoms with E-state index in [1.165, 1.54) is 18.2 Å². The number of aromatic nitrogens is 1. The molecular formula is C9H11N5O3. The molecule has 0 saturated carbocycles. The zero-order valence-electron chi connectivity index (χ0n) is 8.76. The predicted molar refractivity (Wildman–Crippen MR) is 57.7 cm³/mol. The average Bonchev–Trinajstić information content (AvgIpc) is 2.35. The number of hydrogen-bond acceptors (Lipinski definition) is 5. The fourth-order valence-corrected chi connectivity index (χ4v) is 1.17. The number of nitrogens with two attached hydrogens (primary N) is 1. The van der Waals surface area contributed by atoms with Crippen molar-refractivity contribution in [3.8, 4) is 0 Å². The lowest BCUT2D eigenvalue weighted by atomic mass is 10.1. The summed E-state index contributed by atoms with van der Waals surface area (Å²) >= 11 is 0. The third-order valence-electron chi connectivity index (χ3n) is 2.02. The Morgan fingerprint density at radius 1 is 1.59 bits per heavy atom. The molecule has 1 heterocycles. The Balaban J connectivity index is 2.87. The lowest BCUT2D eigenvalue weighted by molar-refractivity contribution is 0.0217. The molecule has 0 bridgehead atoms. The van der Waals surface area contributed by atoms with E-state index in [-0.39, 0.29) is 17.9 Å². The van der Waals surface area contributed by atoms with E-state index in [1.807, 2.05) is 0 Å². The van der Waals surface area contributed by atoms with Gasteiger partial charge in [0.05, 0.1) is 18.3 Å². The molecule has 0 aliphatic carbocycles. The molecule has 2 unspecified atom stereocenters. The van der Waals surface area contributed by atoms with Crippen LogP contribution in [0.2, 0.25) is 0 Å². The second kappa shape index (κ2) is 5.80. The van der Waals surface area contributed by atoms with E-state index in [0.717, 1.165) is 0 Å². The monoisotopic (exact) mass is 237 g/mol. The van der Waals surface area contributed by atoms with Crippen LogP contribution in [0.5, 0.6) is 0 Å². The standard InChI is InChI=1S/C9H11N5O3/c10-9(17)6-3-1-2-5(13-6)8(16)7(15)4-12-14-11/h1-3,7-8,15-16H,4H2,(H2,10,17). The molecule has 90 valence electrons. The summed E-state index contributed by atoms with van der Waals surface area (Å²) in [5.74, 6) is -0.733. The molecule has 0 fully saturated rings. The van der Waals surface area contributed by atoms with Crippen LogP contribution in [0.15, 0.2) is 23.3 Å². The fraction of sp³-hybridized carbons (Fsp3) is 0.333. The quantitative estimate of drug-likeness (QED) is 0.372. The molecule has 1 rings (SSSR count). The molecule has 0 aliphatic heterocycles. The van der Waals surface area contributed by atoms with Gasteiger partial charge < -0.3 is 15.9 Å². The summed E-state index contributed by atoms with van der Waals surface area (Å²) in [5.41, 5.74) is 13.2. The van der Waals surface area contributed by atoms with Crippen molar-refractivity contribution < 1.29 is 15.0 Å². The van der Waals surface area contributed by atoms with Gasteiger partial charge in [-0.1, -0.05) is 11.2 Å². The van der Waals surface area contributed by atoms with Crippen LogP contribution in [-0.2, 0) is 0 Å². The first-order valence-corrected chi connectivity index (χ1v) is 4.70. The van der Waals surface area contributed by atoms with Gasteiger partial charge in [-0.05, 0) is 17.7 Å². The van der Waals surface area contributed by atoms with Crippen LogP contribution in [0.3, 0.4) is 0 Å². The van der Waals surface area contributed by atoms with Crippen molar-refractivity contribution in [1.29, 1.82) is 0 Å². The van der Waals surface area contributed by atoms with Crippen LogP contribution in [0.4, 0.5) is 0 Å². The number of hydrogen-bond donors (Lipinski definition) is 3. The lowest BCUT2D eigenvalue weighted by Gasteiger charge is -2.15. The summed E-state index contributed by atoms with van der Waals surface area (Å²) < 4.78 is 0. The molecule has 0 saturated heterocycles. The van der Waals surface area contributed by atoms with Gasteiger partial charge in [0.1, 0.15) is 11.8 Å². The van der Waals surface area contributed by atoms with Crippen molar-refractivity contribution in [3.63, 3.8) is 0 Å². The topological polar surface area (TPSA) is 145 Å². The highest BCUT2D eigenvalue weighted by Crippen LogP contribution is 2.15. The van der Waals surface area contributed by atoms with E-state index in [1.54, 1.807) is 0 Å². The molecule has 1 aromatic rings. The largest absolute Gasteiger partial charge is 0.390 e. The Kier molecular flexibility index (Phi) is 4.41. The van der Waals surface area contributed by atoms with Gasteiger partial charge in [0.25, 0.3) is 5.91 Å². The molecule has 17 heavy (non-hydrogen) atoms. The van der Waals surface area contributed by atoms with Crippen molar-refractivity contribution >= 4 is 5.91 Å². The van der Waals surface area contributed by atoms with E-state index in [0.29, 0.717) is 0 Å². The number of aliphatic hydroxyl groups excluding tert-OH is 2. The molecule has 8 heteroatoms. The molecule has 0 aromatic carbocycles. The molecule has 0 spiro atoms. The Bertz CT molecular complexity index is 458. The summed E-state index contributed by atoms with van der Waals surface area (Å²) in [6.45, 7) is -0.292. The number of azide groups is 1. The number of aliphatic hydroxyl groups is 2. The van der Waals surface area contributed by atoms with Crippen molar-refractivity contribution in [1.82, 2.24) is 4.98 Å². The van der Waals surface area contributed by atoms with Gasteiger partial charge in [0.2, 0.25) is 0 Å². The second-order valence-corrected chi connectivity index (χ2v) is 3.24. The van der Waals surface area contributed by atoms with Crippen molar-refractivity contribution in [3.05, 3.63) is 40.0 Å². The van der Waals surface area contributed by atoms with E-state index in [9.17, 15) is 15.0 Å². The maximum absolute atomic E-state index is 10.9. The smallest absolute Gasteiger partial charge is 0.267 e. The normalized spacial score (nSPS) is 13.5. The van der Waals surface area contributed by atoms with Gasteiger partial charge in [0, 0.05) is 4.91 Å². The zero-order chi connectivity index (χ0) is 12.8. The number of rotatable bonds is 5. The Labute approximate surface area is 96.3 Å². The third kappa shape index (κ3) is 3.42. The predicted octanol–water partition coefficient (Wildman–Crippen LogP) is -0.115. The summed E-state index contributed by atoms with van der Waals surface area (Å²) in [4.78, 5) is 17.1. The second-order valence-electron chi connectivity index (χ2n) is 3.24. The molecule has 0 aliphatic rings. The Morgan fingerprint density at radius 2 is 2.29 bits per heavy atom. The van der Waals surface area contributed by atoms with Crippen LogP contribution < -0.4 is 5.73 Å². The van der Waals surface area contributed by atoms with Crippen molar-refractivity contribution in [2.45, 2.75) is 12.2 Å². The summed E-state index contributed by atoms with van der Waals surface area (Å²) in [6.07, 6.45) is -2.64. The highest BCUT2D eigenvalue weighted by atomic mass is 16.3. The number of carbonyl (C=O) groups excluding carboxylic acids is 1. The highest BCUT2D eigenvalue weighted by Gasteiger charge is 2.19. The zero-order valence-corrected chi connectivity index (χ0v) is 8.76. The first kappa shape index (κ1) is 12.9. The van der Waals surface area contributed by atoms with E-state index >= 15 is 0 Å². The summed E-state index contributed by atoms with van der Waals surface area (Å²) in [7, 11) is 0. The van der Waals surface area contributed by atoms with Crippen molar-refractivity contribution in [2.24, 2.45) is 10.8 Å². The molecule has 1 amide bonds. The van der Waals surface area contributed by atoms with Gasteiger partial charge in [-0.15, -0.1) is 0 Å². The first-order chi connectivity index (χ1) is 8.06. The summed E-state index contributed by atoms with van der Waals surface area (Å²) in [6, 6.07) is 4.29. The number of carbonyl (C=O) groups is 1. The van der Waals surface area contributed by atoms with E-state index < -0.39 is 18.1 Å². The van der Waals surface area contributed by atoms with Crippen LogP contribution in [-0.4, -0.2) is 33.8 Å². The summed E-state index contributed by atoms with van der Waals surface area (Å²) in [5, 5.41) is 22.3. The van der Waals surface area contributed by atoms with Gasteiger partial charge >= 0.3 is 0 Å². The van der Waals surface area contributed by atoms with E-state index in [4.69, 9.17) is 11.3 Å². The number of nitrogens with zero attached hydrogens (tertiary/aromatic N) is 4. The number of pyridine rings is 1. The van der Waals surface area contributed by atoms with Crippen LogP contribution in [0.1, 0.15) is 22.3 Å². The molecular weight excluding hydrogens is 226 g/mol. The van der Waals surface area contributed by atoms with Gasteiger partial charge in [-0.25, -0.2) is 4.98 Å². The number of primary amides is 1. The Hall–Kier alpha value is -2.15. The minimum atomic E-state index is -1.35. The highest BCUT2D eigenvalue weighted by molar-refractivity contribution is 5.90. The molecule has 8 nitrogen and oxygen atoms in total. The Morgan fingerprint density at radius 3 is 2.88 bits per heavy atom. The maximum atomic E-state index is 10.9. The maximum Gasteiger partial charge on any atom is 0.267 e. The van der Waals surface area contributed by atoms with Crippen LogP contribution in [0.25, 0.3) is 10.4 Å². The van der Waals surface area contributed by atoms with Gasteiger partial charge in [0.15, 0.2) is 0 Å². The SMILES string of the molecule is [N-]=[N+]=NCC(O)C(O)c1cccc(C(N)=O)n1.